The summed E-state index contributed by atoms with van der Waals surface area (Å²) in [5.74, 6) is 1.89. The molecule has 34 heavy (non-hydrogen) atoms. The Morgan fingerprint density at radius 2 is 1.85 bits per heavy atom. The molecule has 4 aromatic rings. The quantitative estimate of drug-likeness (QED) is 0.457. The summed E-state index contributed by atoms with van der Waals surface area (Å²) >= 11 is 0. The average molecular weight is 454 g/mol. The molecular formula is C26H27N7O. The number of fused-ring (bicyclic) bond motifs is 3. The van der Waals surface area contributed by atoms with E-state index in [-0.39, 0.29) is 18.0 Å². The fraction of sp³-hybridized carbons (Fsp3) is 0.385. The van der Waals surface area contributed by atoms with Crippen molar-refractivity contribution < 1.29 is 4.79 Å². The molecular weight excluding hydrogens is 426 g/mol. The van der Waals surface area contributed by atoms with Crippen LogP contribution in [-0.2, 0) is 6.42 Å². The Hall–Kier alpha value is -3.68. The van der Waals surface area contributed by atoms with Gasteiger partial charge in [0.1, 0.15) is 11.5 Å². The van der Waals surface area contributed by atoms with Crippen molar-refractivity contribution in [3.8, 4) is 5.69 Å². The molecule has 8 heteroatoms. The fourth-order valence-corrected chi connectivity index (χ4v) is 5.58. The van der Waals surface area contributed by atoms with Crippen molar-refractivity contribution in [2.75, 3.05) is 0 Å². The predicted molar refractivity (Wildman–Crippen MR) is 127 cm³/mol. The molecule has 0 radical (unpaired) electrons. The van der Waals surface area contributed by atoms with Crippen molar-refractivity contribution in [2.45, 2.75) is 51.6 Å². The van der Waals surface area contributed by atoms with Crippen LogP contribution in [0.3, 0.4) is 0 Å². The minimum Gasteiger partial charge on any atom is -0.331 e. The van der Waals surface area contributed by atoms with Crippen molar-refractivity contribution in [3.05, 3.63) is 72.2 Å². The van der Waals surface area contributed by atoms with Gasteiger partial charge in [-0.1, -0.05) is 25.1 Å². The van der Waals surface area contributed by atoms with Crippen LogP contribution in [0.15, 0.2) is 55.0 Å². The van der Waals surface area contributed by atoms with Crippen LogP contribution in [0.1, 0.15) is 48.2 Å². The molecule has 2 aliphatic heterocycles. The molecule has 172 valence electrons. The molecule has 8 nitrogen and oxygen atoms in total. The molecule has 2 bridgehead atoms. The molecule has 5 heterocycles. The highest BCUT2D eigenvalue weighted by molar-refractivity contribution is 5.96. The van der Waals surface area contributed by atoms with E-state index in [0.717, 1.165) is 48.1 Å². The van der Waals surface area contributed by atoms with Crippen LogP contribution in [0.2, 0.25) is 0 Å². The minimum absolute atomic E-state index is 0.0320. The summed E-state index contributed by atoms with van der Waals surface area (Å²) in [5, 5.41) is 9.53. The van der Waals surface area contributed by atoms with Gasteiger partial charge in [-0.25, -0.2) is 15.0 Å². The van der Waals surface area contributed by atoms with E-state index in [0.29, 0.717) is 23.2 Å². The number of piperidine rings is 2. The van der Waals surface area contributed by atoms with E-state index in [1.807, 2.05) is 49.5 Å². The molecule has 1 saturated carbocycles. The van der Waals surface area contributed by atoms with Crippen molar-refractivity contribution in [1.82, 2.24) is 34.8 Å². The molecule has 3 fully saturated rings. The minimum atomic E-state index is -0.0320. The maximum absolute atomic E-state index is 14.0. The van der Waals surface area contributed by atoms with Crippen molar-refractivity contribution >= 4 is 16.8 Å². The second kappa shape index (κ2) is 8.27. The summed E-state index contributed by atoms with van der Waals surface area (Å²) in [4.78, 5) is 31.6. The molecule has 2 atom stereocenters. The summed E-state index contributed by atoms with van der Waals surface area (Å²) in [6.07, 6.45) is 8.81. The number of benzene rings is 1. The second-order valence-electron chi connectivity index (χ2n) is 9.55. The SMILES string of the molecule is Cc1ccc(-n2nccn2)c(C(=O)N2C3CC(C3)[C@@H](C)C2CCc2ncc3ccccc3n2)n1. The van der Waals surface area contributed by atoms with Crippen LogP contribution in [0.4, 0.5) is 0 Å². The van der Waals surface area contributed by atoms with Crippen LogP contribution >= 0.6 is 0 Å². The van der Waals surface area contributed by atoms with Crippen LogP contribution < -0.4 is 0 Å². The first kappa shape index (κ1) is 20.9. The lowest BCUT2D eigenvalue weighted by Crippen LogP contribution is -2.63. The second-order valence-corrected chi connectivity index (χ2v) is 9.55. The van der Waals surface area contributed by atoms with Gasteiger partial charge in [-0.2, -0.15) is 10.2 Å². The Morgan fingerprint density at radius 3 is 2.68 bits per heavy atom. The van der Waals surface area contributed by atoms with Crippen LogP contribution in [-0.4, -0.2) is 52.8 Å². The molecule has 3 aromatic heterocycles. The van der Waals surface area contributed by atoms with Gasteiger partial charge >= 0.3 is 0 Å². The summed E-state index contributed by atoms with van der Waals surface area (Å²) in [5.41, 5.74) is 2.80. The number of pyridine rings is 1. The van der Waals surface area contributed by atoms with Gasteiger partial charge in [-0.15, -0.1) is 4.80 Å². The number of para-hydroxylation sites is 1. The van der Waals surface area contributed by atoms with Crippen molar-refractivity contribution in [1.29, 1.82) is 0 Å². The molecule has 0 spiro atoms. The van der Waals surface area contributed by atoms with Crippen LogP contribution in [0.5, 0.6) is 0 Å². The number of rotatable bonds is 5. The van der Waals surface area contributed by atoms with Crippen LogP contribution in [0, 0.1) is 18.8 Å². The molecule has 1 aromatic carbocycles. The number of nitrogens with zero attached hydrogens (tertiary/aromatic N) is 7. The zero-order valence-electron chi connectivity index (χ0n) is 19.4. The van der Waals surface area contributed by atoms with Crippen molar-refractivity contribution in [3.63, 3.8) is 0 Å². The molecule has 3 aliphatic rings. The zero-order valence-corrected chi connectivity index (χ0v) is 19.4. The Kier molecular flexibility index (Phi) is 5.08. The molecule has 1 unspecified atom stereocenters. The first-order valence-corrected chi connectivity index (χ1v) is 12.0. The number of aromatic nitrogens is 6. The van der Waals surface area contributed by atoms with Gasteiger partial charge in [0.15, 0.2) is 5.69 Å². The van der Waals surface area contributed by atoms with Gasteiger partial charge in [-0.3, -0.25) is 4.79 Å². The van der Waals surface area contributed by atoms with Gasteiger partial charge in [0.2, 0.25) is 0 Å². The van der Waals surface area contributed by atoms with E-state index in [9.17, 15) is 4.79 Å². The van der Waals surface area contributed by atoms with E-state index in [4.69, 9.17) is 4.98 Å². The summed E-state index contributed by atoms with van der Waals surface area (Å²) in [7, 11) is 0. The topological polar surface area (TPSA) is 89.7 Å². The Morgan fingerprint density at radius 1 is 1.06 bits per heavy atom. The smallest absolute Gasteiger partial charge is 0.275 e. The number of hydrogen-bond acceptors (Lipinski definition) is 6. The molecule has 0 N–H and O–H groups in total. The zero-order chi connectivity index (χ0) is 23.2. The Bertz CT molecular complexity index is 1350. The Labute approximate surface area is 198 Å². The van der Waals surface area contributed by atoms with Crippen molar-refractivity contribution in [2.24, 2.45) is 11.8 Å². The number of carbonyl (C=O) groups is 1. The number of hydrogen-bond donors (Lipinski definition) is 0. The highest BCUT2D eigenvalue weighted by atomic mass is 16.2. The van der Waals surface area contributed by atoms with E-state index < -0.39 is 0 Å². The van der Waals surface area contributed by atoms with Crippen LogP contribution in [0.25, 0.3) is 16.6 Å². The summed E-state index contributed by atoms with van der Waals surface area (Å²) in [6.45, 7) is 4.19. The van der Waals surface area contributed by atoms with Gasteiger partial charge in [-0.05, 0) is 56.2 Å². The monoisotopic (exact) mass is 453 g/mol. The fourth-order valence-electron chi connectivity index (χ4n) is 5.58. The van der Waals surface area contributed by atoms with E-state index in [1.165, 1.54) is 4.80 Å². The van der Waals surface area contributed by atoms with Gasteiger partial charge in [0.05, 0.1) is 17.9 Å². The lowest BCUT2D eigenvalue weighted by atomic mass is 9.64. The van der Waals surface area contributed by atoms with E-state index >= 15 is 0 Å². The van der Waals surface area contributed by atoms with E-state index in [2.05, 4.69) is 32.0 Å². The van der Waals surface area contributed by atoms with Gasteiger partial charge < -0.3 is 4.90 Å². The van der Waals surface area contributed by atoms with Gasteiger partial charge in [0, 0.05) is 35.8 Å². The van der Waals surface area contributed by atoms with Gasteiger partial charge in [0.25, 0.3) is 5.91 Å². The number of amides is 1. The maximum atomic E-state index is 14.0. The third kappa shape index (κ3) is 3.54. The average Bonchev–Trinajstić information content (AvgIpc) is 3.36. The summed E-state index contributed by atoms with van der Waals surface area (Å²) in [6, 6.07) is 12.2. The van der Waals surface area contributed by atoms with E-state index in [1.54, 1.807) is 12.4 Å². The first-order valence-electron chi connectivity index (χ1n) is 12.0. The molecule has 1 aliphatic carbocycles. The Balaban J connectivity index is 1.30. The number of aryl methyl sites for hydroxylation is 2. The molecule has 1 amide bonds. The molecule has 2 saturated heterocycles. The highest BCUT2D eigenvalue weighted by Crippen LogP contribution is 2.48. The lowest BCUT2D eigenvalue weighted by Gasteiger charge is -2.57. The number of carbonyl (C=O) groups excluding carboxylic acids is 1. The largest absolute Gasteiger partial charge is 0.331 e. The normalized spacial score (nSPS) is 23.6. The predicted octanol–water partition coefficient (Wildman–Crippen LogP) is 3.79. The molecule has 7 rings (SSSR count). The third-order valence-corrected chi connectivity index (χ3v) is 7.54. The first-order chi connectivity index (χ1) is 16.6. The lowest BCUT2D eigenvalue weighted by molar-refractivity contribution is -0.0574. The highest BCUT2D eigenvalue weighted by Gasteiger charge is 2.50. The third-order valence-electron chi connectivity index (χ3n) is 7.54. The summed E-state index contributed by atoms with van der Waals surface area (Å²) < 4.78 is 0. The standard InChI is InChI=1S/C26H27N7O/c1-16-7-8-23(33-28-11-12-29-33)25(30-16)26(34)32-20-13-19(14-20)17(2)22(32)9-10-24-27-15-18-5-3-4-6-21(18)31-24/h3-8,11-12,15,17,19-20,22H,9-10,13-14H2,1-2H3/t17-,19?,20?,22?/m1/s1. The maximum Gasteiger partial charge on any atom is 0.275 e.